The van der Waals surface area contributed by atoms with Crippen molar-refractivity contribution in [1.29, 1.82) is 0 Å². The van der Waals surface area contributed by atoms with Crippen LogP contribution in [0.1, 0.15) is 32.8 Å². The SMILES string of the molecule is CCC(C)(C)C(=O)Cc1cccnc1. The van der Waals surface area contributed by atoms with Crippen molar-refractivity contribution >= 4 is 5.78 Å². The predicted molar refractivity (Wildman–Crippen MR) is 57.0 cm³/mol. The normalized spacial score (nSPS) is 11.4. The van der Waals surface area contributed by atoms with Crippen LogP contribution in [0.3, 0.4) is 0 Å². The number of carbonyl (C=O) groups is 1. The molecule has 0 unspecified atom stereocenters. The maximum atomic E-state index is 11.8. The molecule has 0 aliphatic carbocycles. The minimum absolute atomic E-state index is 0.212. The van der Waals surface area contributed by atoms with Crippen molar-refractivity contribution in [2.45, 2.75) is 33.6 Å². The Morgan fingerprint density at radius 3 is 2.71 bits per heavy atom. The van der Waals surface area contributed by atoms with Gasteiger partial charge in [0.15, 0.2) is 0 Å². The van der Waals surface area contributed by atoms with Crippen LogP contribution in [0.25, 0.3) is 0 Å². The van der Waals surface area contributed by atoms with Gasteiger partial charge >= 0.3 is 0 Å². The van der Waals surface area contributed by atoms with Crippen molar-refractivity contribution in [3.05, 3.63) is 30.1 Å². The number of aromatic nitrogens is 1. The Morgan fingerprint density at radius 1 is 1.50 bits per heavy atom. The summed E-state index contributed by atoms with van der Waals surface area (Å²) in [5.74, 6) is 0.285. The second kappa shape index (κ2) is 4.36. The van der Waals surface area contributed by atoms with Gasteiger partial charge in [-0.05, 0) is 18.1 Å². The van der Waals surface area contributed by atoms with E-state index >= 15 is 0 Å². The highest BCUT2D eigenvalue weighted by Gasteiger charge is 2.24. The van der Waals surface area contributed by atoms with E-state index in [-0.39, 0.29) is 11.2 Å². The van der Waals surface area contributed by atoms with Gasteiger partial charge in [-0.3, -0.25) is 9.78 Å². The molecule has 0 fully saturated rings. The van der Waals surface area contributed by atoms with Gasteiger partial charge in [0, 0.05) is 24.2 Å². The summed E-state index contributed by atoms with van der Waals surface area (Å²) in [6, 6.07) is 3.80. The van der Waals surface area contributed by atoms with Gasteiger partial charge in [-0.25, -0.2) is 0 Å². The average Bonchev–Trinajstić information content (AvgIpc) is 2.19. The number of hydrogen-bond donors (Lipinski definition) is 0. The first-order valence-corrected chi connectivity index (χ1v) is 4.98. The van der Waals surface area contributed by atoms with E-state index in [0.29, 0.717) is 6.42 Å². The van der Waals surface area contributed by atoms with Gasteiger partial charge in [-0.1, -0.05) is 26.8 Å². The van der Waals surface area contributed by atoms with Crippen molar-refractivity contribution in [2.24, 2.45) is 5.41 Å². The molecule has 0 radical (unpaired) electrons. The first-order valence-electron chi connectivity index (χ1n) is 4.98. The Hall–Kier alpha value is -1.18. The molecule has 0 spiro atoms. The Balaban J connectivity index is 2.67. The Kier molecular flexibility index (Phi) is 3.39. The molecule has 2 heteroatoms. The average molecular weight is 191 g/mol. The van der Waals surface area contributed by atoms with Crippen molar-refractivity contribution in [2.75, 3.05) is 0 Å². The fourth-order valence-corrected chi connectivity index (χ4v) is 1.12. The zero-order valence-corrected chi connectivity index (χ0v) is 9.08. The van der Waals surface area contributed by atoms with Gasteiger partial charge < -0.3 is 0 Å². The standard InChI is InChI=1S/C12H17NO/c1-4-12(2,3)11(14)8-10-6-5-7-13-9-10/h5-7,9H,4,8H2,1-3H3. The van der Waals surface area contributed by atoms with E-state index in [1.807, 2.05) is 32.9 Å². The second-order valence-corrected chi connectivity index (χ2v) is 4.20. The van der Waals surface area contributed by atoms with Crippen LogP contribution < -0.4 is 0 Å². The molecule has 14 heavy (non-hydrogen) atoms. The molecule has 1 rings (SSSR count). The van der Waals surface area contributed by atoms with Crippen LogP contribution in [-0.4, -0.2) is 10.8 Å². The third-order valence-corrected chi connectivity index (χ3v) is 2.73. The van der Waals surface area contributed by atoms with E-state index in [4.69, 9.17) is 0 Å². The summed E-state index contributed by atoms with van der Waals surface area (Å²) < 4.78 is 0. The molecule has 0 N–H and O–H groups in total. The van der Waals surface area contributed by atoms with Crippen LogP contribution in [0, 0.1) is 5.41 Å². The predicted octanol–water partition coefficient (Wildman–Crippen LogP) is 2.63. The molecule has 1 heterocycles. The van der Waals surface area contributed by atoms with Crippen molar-refractivity contribution in [3.8, 4) is 0 Å². The highest BCUT2D eigenvalue weighted by atomic mass is 16.1. The summed E-state index contributed by atoms with van der Waals surface area (Å²) in [4.78, 5) is 15.8. The monoisotopic (exact) mass is 191 g/mol. The molecule has 0 aromatic carbocycles. The van der Waals surface area contributed by atoms with Crippen LogP contribution in [0.4, 0.5) is 0 Å². The number of hydrogen-bond acceptors (Lipinski definition) is 2. The highest BCUT2D eigenvalue weighted by Crippen LogP contribution is 2.22. The van der Waals surface area contributed by atoms with Crippen molar-refractivity contribution < 1.29 is 4.79 Å². The van der Waals surface area contributed by atoms with Gasteiger partial charge in [0.25, 0.3) is 0 Å². The van der Waals surface area contributed by atoms with E-state index in [2.05, 4.69) is 4.98 Å². The lowest BCUT2D eigenvalue weighted by atomic mass is 9.83. The molecule has 0 aliphatic rings. The molecule has 2 nitrogen and oxygen atoms in total. The topological polar surface area (TPSA) is 30.0 Å². The highest BCUT2D eigenvalue weighted by molar-refractivity contribution is 5.85. The third-order valence-electron chi connectivity index (χ3n) is 2.73. The Morgan fingerprint density at radius 2 is 2.21 bits per heavy atom. The molecule has 0 saturated carbocycles. The summed E-state index contributed by atoms with van der Waals surface area (Å²) in [5, 5.41) is 0. The van der Waals surface area contributed by atoms with Gasteiger partial charge in [-0.2, -0.15) is 0 Å². The van der Waals surface area contributed by atoms with Gasteiger partial charge in [0.1, 0.15) is 5.78 Å². The molecule has 0 amide bonds. The fraction of sp³-hybridized carbons (Fsp3) is 0.500. The van der Waals surface area contributed by atoms with E-state index in [1.54, 1.807) is 12.4 Å². The summed E-state index contributed by atoms with van der Waals surface area (Å²) in [6.45, 7) is 6.03. The number of rotatable bonds is 4. The summed E-state index contributed by atoms with van der Waals surface area (Å²) in [7, 11) is 0. The molecule has 1 aromatic heterocycles. The van der Waals surface area contributed by atoms with Crippen LogP contribution in [0.15, 0.2) is 24.5 Å². The van der Waals surface area contributed by atoms with E-state index in [0.717, 1.165) is 12.0 Å². The second-order valence-electron chi connectivity index (χ2n) is 4.20. The Labute approximate surface area is 85.4 Å². The zero-order chi connectivity index (χ0) is 10.6. The Bertz CT molecular complexity index is 303. The van der Waals surface area contributed by atoms with E-state index < -0.39 is 0 Å². The molecule has 0 atom stereocenters. The summed E-state index contributed by atoms with van der Waals surface area (Å²) >= 11 is 0. The molecule has 0 bridgehead atoms. The quantitative estimate of drug-likeness (QED) is 0.732. The maximum absolute atomic E-state index is 11.8. The van der Waals surface area contributed by atoms with Gasteiger partial charge in [0.05, 0.1) is 0 Å². The molecular weight excluding hydrogens is 174 g/mol. The summed E-state index contributed by atoms with van der Waals surface area (Å²) in [6.07, 6.45) is 4.85. The molecule has 0 aliphatic heterocycles. The number of Topliss-reactive ketones (excluding diaryl/α,β-unsaturated/α-hetero) is 1. The van der Waals surface area contributed by atoms with Gasteiger partial charge in [-0.15, -0.1) is 0 Å². The van der Waals surface area contributed by atoms with Gasteiger partial charge in [0.2, 0.25) is 0 Å². The number of ketones is 1. The lowest BCUT2D eigenvalue weighted by Gasteiger charge is -2.20. The third kappa shape index (κ3) is 2.66. The summed E-state index contributed by atoms with van der Waals surface area (Å²) in [5.41, 5.74) is 0.787. The lowest BCUT2D eigenvalue weighted by Crippen LogP contribution is -2.25. The molecule has 1 aromatic rings. The van der Waals surface area contributed by atoms with Crippen LogP contribution >= 0.6 is 0 Å². The first kappa shape index (κ1) is 10.9. The minimum Gasteiger partial charge on any atom is -0.299 e. The molecule has 0 saturated heterocycles. The first-order chi connectivity index (χ1) is 6.56. The number of nitrogens with zero attached hydrogens (tertiary/aromatic N) is 1. The molecular formula is C12H17NO. The molecule has 76 valence electrons. The number of carbonyl (C=O) groups excluding carboxylic acids is 1. The van der Waals surface area contributed by atoms with Crippen LogP contribution in [0.5, 0.6) is 0 Å². The smallest absolute Gasteiger partial charge is 0.142 e. The van der Waals surface area contributed by atoms with Crippen molar-refractivity contribution in [3.63, 3.8) is 0 Å². The van der Waals surface area contributed by atoms with Crippen LogP contribution in [0.2, 0.25) is 0 Å². The zero-order valence-electron chi connectivity index (χ0n) is 9.08. The maximum Gasteiger partial charge on any atom is 0.142 e. The van der Waals surface area contributed by atoms with E-state index in [9.17, 15) is 4.79 Å². The van der Waals surface area contributed by atoms with Crippen molar-refractivity contribution in [1.82, 2.24) is 4.98 Å². The number of pyridine rings is 1. The van der Waals surface area contributed by atoms with Crippen LogP contribution in [-0.2, 0) is 11.2 Å². The lowest BCUT2D eigenvalue weighted by molar-refractivity contribution is -0.126. The minimum atomic E-state index is -0.212. The largest absolute Gasteiger partial charge is 0.299 e. The fourth-order valence-electron chi connectivity index (χ4n) is 1.12. The van der Waals surface area contributed by atoms with E-state index in [1.165, 1.54) is 0 Å².